The number of aliphatic carboxylic acids is 1. The first-order valence-electron chi connectivity index (χ1n) is 6.71. The van der Waals surface area contributed by atoms with Crippen molar-refractivity contribution in [3.05, 3.63) is 46.9 Å². The number of carbonyl (C=O) groups excluding carboxylic acids is 2. The number of thioether (sulfide) groups is 2. The highest BCUT2D eigenvalue weighted by molar-refractivity contribution is 8.14. The number of nitrogens with zero attached hydrogens (tertiary/aromatic N) is 1. The summed E-state index contributed by atoms with van der Waals surface area (Å²) in [4.78, 5) is 36.9. The van der Waals surface area contributed by atoms with Gasteiger partial charge in [0.05, 0.1) is 11.8 Å². The Kier molecular flexibility index (Phi) is 4.26. The van der Waals surface area contributed by atoms with Crippen molar-refractivity contribution in [2.45, 2.75) is 17.8 Å². The summed E-state index contributed by atoms with van der Waals surface area (Å²) in [5.41, 5.74) is 0.624. The standard InChI is InChI=1S/C15H13NO4S2/c17-11-8-12-16(11)13(14(18)19)10(22-12)6-7-21-15(20)9-4-2-1-3-5-9/h1-6,12-13H,7-8H2,(H,18,19)/b10-6-. The van der Waals surface area contributed by atoms with Crippen LogP contribution < -0.4 is 0 Å². The fraction of sp³-hybridized carbons (Fsp3) is 0.267. The summed E-state index contributed by atoms with van der Waals surface area (Å²) < 4.78 is 0. The number of fused-ring (bicyclic) bond motifs is 1. The highest BCUT2D eigenvalue weighted by Crippen LogP contribution is 2.46. The van der Waals surface area contributed by atoms with Crippen LogP contribution in [0.15, 0.2) is 41.3 Å². The number of carboxylic acid groups (broad SMARTS) is 1. The number of hydrogen-bond donors (Lipinski definition) is 1. The van der Waals surface area contributed by atoms with Crippen molar-refractivity contribution in [1.82, 2.24) is 4.90 Å². The lowest BCUT2D eigenvalue weighted by molar-refractivity contribution is -0.154. The Hall–Kier alpha value is -1.73. The lowest BCUT2D eigenvalue weighted by Crippen LogP contribution is -2.53. The van der Waals surface area contributed by atoms with Crippen LogP contribution in [-0.2, 0) is 9.59 Å². The molecule has 1 aromatic rings. The minimum atomic E-state index is -1.02. The predicted molar refractivity (Wildman–Crippen MR) is 85.6 cm³/mol. The van der Waals surface area contributed by atoms with Crippen molar-refractivity contribution >= 4 is 40.5 Å². The van der Waals surface area contributed by atoms with E-state index in [1.165, 1.54) is 16.7 Å². The summed E-state index contributed by atoms with van der Waals surface area (Å²) in [5.74, 6) is -0.746. The molecule has 7 heteroatoms. The van der Waals surface area contributed by atoms with Crippen LogP contribution in [0.4, 0.5) is 0 Å². The lowest BCUT2D eigenvalue weighted by Gasteiger charge is -2.35. The first kappa shape index (κ1) is 15.2. The first-order valence-corrected chi connectivity index (χ1v) is 8.57. The number of carboxylic acids is 1. The van der Waals surface area contributed by atoms with Crippen molar-refractivity contribution < 1.29 is 19.5 Å². The van der Waals surface area contributed by atoms with Gasteiger partial charge in [-0.25, -0.2) is 4.79 Å². The summed E-state index contributed by atoms with van der Waals surface area (Å²) in [5, 5.41) is 9.18. The number of carbonyl (C=O) groups is 3. The molecule has 2 saturated heterocycles. The second-order valence-electron chi connectivity index (χ2n) is 4.89. The highest BCUT2D eigenvalue weighted by Gasteiger charge is 2.52. The van der Waals surface area contributed by atoms with Crippen LogP contribution in [0, 0.1) is 0 Å². The van der Waals surface area contributed by atoms with Crippen molar-refractivity contribution in [2.75, 3.05) is 5.75 Å². The van der Waals surface area contributed by atoms with E-state index in [4.69, 9.17) is 0 Å². The maximum absolute atomic E-state index is 12.0. The summed E-state index contributed by atoms with van der Waals surface area (Å²) in [6, 6.07) is 8.06. The normalized spacial score (nSPS) is 25.0. The highest BCUT2D eigenvalue weighted by atomic mass is 32.2. The molecule has 114 valence electrons. The molecule has 1 N–H and O–H groups in total. The van der Waals surface area contributed by atoms with Gasteiger partial charge >= 0.3 is 5.97 Å². The lowest BCUT2D eigenvalue weighted by atomic mass is 10.1. The molecule has 0 aliphatic carbocycles. The van der Waals surface area contributed by atoms with Crippen LogP contribution in [0.2, 0.25) is 0 Å². The molecule has 3 rings (SSSR count). The first-order chi connectivity index (χ1) is 10.6. The van der Waals surface area contributed by atoms with Gasteiger partial charge < -0.3 is 10.0 Å². The Bertz CT molecular complexity index is 659. The molecule has 0 spiro atoms. The summed E-state index contributed by atoms with van der Waals surface area (Å²) in [6.45, 7) is 0. The van der Waals surface area contributed by atoms with Gasteiger partial charge in [0.2, 0.25) is 11.0 Å². The Morgan fingerprint density at radius 2 is 2.09 bits per heavy atom. The second-order valence-corrected chi connectivity index (χ2v) is 7.13. The Morgan fingerprint density at radius 3 is 2.73 bits per heavy atom. The number of rotatable bonds is 4. The molecule has 22 heavy (non-hydrogen) atoms. The number of hydrogen-bond acceptors (Lipinski definition) is 5. The minimum Gasteiger partial charge on any atom is -0.479 e. The molecule has 1 amide bonds. The van der Waals surface area contributed by atoms with Gasteiger partial charge in [-0.15, -0.1) is 11.8 Å². The average molecular weight is 335 g/mol. The quantitative estimate of drug-likeness (QED) is 0.850. The fourth-order valence-corrected chi connectivity index (χ4v) is 4.66. The van der Waals surface area contributed by atoms with Gasteiger partial charge in [0.15, 0.2) is 6.04 Å². The monoisotopic (exact) mass is 335 g/mol. The van der Waals surface area contributed by atoms with Crippen LogP contribution >= 0.6 is 23.5 Å². The smallest absolute Gasteiger partial charge is 0.331 e. The molecule has 0 bridgehead atoms. The molecule has 0 radical (unpaired) electrons. The zero-order valence-corrected chi connectivity index (χ0v) is 13.1. The largest absolute Gasteiger partial charge is 0.479 e. The molecule has 2 unspecified atom stereocenters. The van der Waals surface area contributed by atoms with Gasteiger partial charge in [0.1, 0.15) is 0 Å². The van der Waals surface area contributed by atoms with Crippen LogP contribution in [0.1, 0.15) is 16.8 Å². The molecule has 2 atom stereocenters. The molecule has 0 aromatic heterocycles. The van der Waals surface area contributed by atoms with E-state index >= 15 is 0 Å². The number of β-lactam (4-membered cyclic amide) rings is 1. The van der Waals surface area contributed by atoms with Crippen LogP contribution in [0.5, 0.6) is 0 Å². The number of benzene rings is 1. The predicted octanol–water partition coefficient (Wildman–Crippen LogP) is 2.20. The average Bonchev–Trinajstić information content (AvgIpc) is 2.80. The van der Waals surface area contributed by atoms with Crippen molar-refractivity contribution in [3.8, 4) is 0 Å². The van der Waals surface area contributed by atoms with Gasteiger partial charge in [0.25, 0.3) is 0 Å². The van der Waals surface area contributed by atoms with Crippen molar-refractivity contribution in [1.29, 1.82) is 0 Å². The Morgan fingerprint density at radius 1 is 1.36 bits per heavy atom. The molecular formula is C15H13NO4S2. The van der Waals surface area contributed by atoms with Crippen LogP contribution in [0.3, 0.4) is 0 Å². The summed E-state index contributed by atoms with van der Waals surface area (Å²) >= 11 is 2.54. The van der Waals surface area contributed by atoms with Gasteiger partial charge in [-0.2, -0.15) is 0 Å². The van der Waals surface area contributed by atoms with E-state index < -0.39 is 12.0 Å². The summed E-state index contributed by atoms with van der Waals surface area (Å²) in [7, 11) is 0. The molecule has 0 saturated carbocycles. The zero-order valence-electron chi connectivity index (χ0n) is 11.5. The molecule has 5 nitrogen and oxygen atoms in total. The van der Waals surface area contributed by atoms with E-state index in [9.17, 15) is 19.5 Å². The zero-order chi connectivity index (χ0) is 15.7. The van der Waals surface area contributed by atoms with Gasteiger partial charge in [-0.1, -0.05) is 48.2 Å². The van der Waals surface area contributed by atoms with Crippen molar-refractivity contribution in [3.63, 3.8) is 0 Å². The third-order valence-corrected chi connectivity index (χ3v) is 5.67. The third-order valence-electron chi connectivity index (χ3n) is 3.51. The van der Waals surface area contributed by atoms with Crippen molar-refractivity contribution in [2.24, 2.45) is 0 Å². The van der Waals surface area contributed by atoms with E-state index in [2.05, 4.69) is 0 Å². The second kappa shape index (κ2) is 6.18. The Labute approximate surface area is 135 Å². The fourth-order valence-electron chi connectivity index (χ4n) is 2.43. The SMILES string of the molecule is O=C(SC/C=C1\SC2CC(=O)N2C1C(=O)O)c1ccccc1. The maximum atomic E-state index is 12.0. The van der Waals surface area contributed by atoms with Crippen LogP contribution in [-0.4, -0.2) is 44.2 Å². The van der Waals surface area contributed by atoms with E-state index in [0.717, 1.165) is 11.8 Å². The number of amides is 1. The van der Waals surface area contributed by atoms with Gasteiger partial charge in [0, 0.05) is 16.2 Å². The maximum Gasteiger partial charge on any atom is 0.331 e. The Balaban J connectivity index is 1.64. The molecule has 1 aromatic carbocycles. The van der Waals surface area contributed by atoms with Crippen LogP contribution in [0.25, 0.3) is 0 Å². The molecular weight excluding hydrogens is 322 g/mol. The van der Waals surface area contributed by atoms with Gasteiger partial charge in [-0.3, -0.25) is 9.59 Å². The van der Waals surface area contributed by atoms with Gasteiger partial charge in [-0.05, 0) is 0 Å². The third kappa shape index (κ3) is 2.78. The van der Waals surface area contributed by atoms with E-state index in [-0.39, 0.29) is 16.4 Å². The molecule has 2 heterocycles. The topological polar surface area (TPSA) is 74.7 Å². The molecule has 2 aliphatic heterocycles. The molecule has 2 fully saturated rings. The molecule has 2 aliphatic rings. The van der Waals surface area contributed by atoms with E-state index in [1.54, 1.807) is 30.3 Å². The van der Waals surface area contributed by atoms with E-state index in [0.29, 0.717) is 22.6 Å². The minimum absolute atomic E-state index is 0.0494. The van der Waals surface area contributed by atoms with E-state index in [1.807, 2.05) is 6.07 Å². The summed E-state index contributed by atoms with van der Waals surface area (Å²) in [6.07, 6.45) is 2.14.